The second-order valence-corrected chi connectivity index (χ2v) is 6.74. The number of hydrazone groups is 1. The molecule has 1 amide bonds. The molecule has 0 spiro atoms. The molecule has 0 saturated carbocycles. The number of carbonyl (C=O) groups excluding carboxylic acids is 1. The summed E-state index contributed by atoms with van der Waals surface area (Å²) in [6, 6.07) is 7.22. The van der Waals surface area contributed by atoms with E-state index in [2.05, 4.69) is 22.0 Å². The van der Waals surface area contributed by atoms with E-state index < -0.39 is 23.9 Å². The predicted molar refractivity (Wildman–Crippen MR) is 111 cm³/mol. The second kappa shape index (κ2) is 8.87. The van der Waals surface area contributed by atoms with E-state index in [4.69, 9.17) is 11.6 Å². The zero-order chi connectivity index (χ0) is 21.8. The number of hydrogen-bond donors (Lipinski definition) is 2. The van der Waals surface area contributed by atoms with Gasteiger partial charge in [0.25, 0.3) is 5.91 Å². The Balaban J connectivity index is 1.90. The van der Waals surface area contributed by atoms with Gasteiger partial charge in [0.2, 0.25) is 0 Å². The molecule has 1 aromatic heterocycles. The lowest BCUT2D eigenvalue weighted by atomic mass is 10.1. The van der Waals surface area contributed by atoms with Gasteiger partial charge in [-0.2, -0.15) is 5.10 Å². The van der Waals surface area contributed by atoms with E-state index in [0.29, 0.717) is 11.3 Å². The third-order valence-corrected chi connectivity index (χ3v) is 4.80. The monoisotopic (exact) mass is 428 g/mol. The number of halogens is 2. The van der Waals surface area contributed by atoms with Crippen LogP contribution in [0.2, 0.25) is 5.02 Å². The van der Waals surface area contributed by atoms with Crippen LogP contribution in [0.15, 0.2) is 66.1 Å². The summed E-state index contributed by atoms with van der Waals surface area (Å²) in [4.78, 5) is 28.3. The van der Waals surface area contributed by atoms with E-state index in [1.165, 1.54) is 41.5 Å². The van der Waals surface area contributed by atoms with Gasteiger partial charge in [-0.25, -0.2) is 14.2 Å². The number of rotatable bonds is 6. The van der Waals surface area contributed by atoms with Gasteiger partial charge in [-0.15, -0.1) is 0 Å². The number of nitrogens with one attached hydrogen (secondary N) is 1. The SMILES string of the molecule is C=CC(=CC)N1N=C(C(=O)O)CC1NC(=O)c1cc(-c2ncccc2F)ccc1Cl. The van der Waals surface area contributed by atoms with Gasteiger partial charge in [0.1, 0.15) is 23.4 Å². The number of aromatic nitrogens is 1. The number of allylic oxidation sites excluding steroid dienone is 2. The number of amides is 1. The average Bonchev–Trinajstić information content (AvgIpc) is 3.14. The van der Waals surface area contributed by atoms with Crippen LogP contribution in [0.4, 0.5) is 4.39 Å². The van der Waals surface area contributed by atoms with E-state index in [-0.39, 0.29) is 28.4 Å². The molecule has 0 radical (unpaired) electrons. The molecule has 1 unspecified atom stereocenters. The van der Waals surface area contributed by atoms with Gasteiger partial charge in [-0.05, 0) is 37.3 Å². The fourth-order valence-electron chi connectivity index (χ4n) is 3.01. The average molecular weight is 429 g/mol. The highest BCUT2D eigenvalue weighted by Gasteiger charge is 2.33. The van der Waals surface area contributed by atoms with Crippen molar-refractivity contribution < 1.29 is 19.1 Å². The van der Waals surface area contributed by atoms with Crippen molar-refractivity contribution in [3.63, 3.8) is 0 Å². The number of hydrogen-bond acceptors (Lipinski definition) is 5. The number of aliphatic carboxylic acids is 1. The molecule has 3 rings (SSSR count). The summed E-state index contributed by atoms with van der Waals surface area (Å²) < 4.78 is 14.1. The second-order valence-electron chi connectivity index (χ2n) is 6.34. The Kier molecular flexibility index (Phi) is 6.27. The van der Waals surface area contributed by atoms with Crippen molar-refractivity contribution in [3.8, 4) is 11.3 Å². The molecule has 9 heteroatoms. The van der Waals surface area contributed by atoms with Crippen molar-refractivity contribution in [2.24, 2.45) is 5.10 Å². The van der Waals surface area contributed by atoms with Crippen LogP contribution >= 0.6 is 11.6 Å². The first-order valence-corrected chi connectivity index (χ1v) is 9.33. The normalized spacial score (nSPS) is 16.2. The lowest BCUT2D eigenvalue weighted by Gasteiger charge is -2.25. The number of benzene rings is 1. The van der Waals surface area contributed by atoms with Crippen LogP contribution in [-0.2, 0) is 4.79 Å². The Hall–Kier alpha value is -3.52. The molecule has 154 valence electrons. The number of carboxylic acids is 1. The first kappa shape index (κ1) is 21.2. The van der Waals surface area contributed by atoms with Crippen LogP contribution in [-0.4, -0.2) is 38.9 Å². The van der Waals surface area contributed by atoms with E-state index in [9.17, 15) is 19.1 Å². The van der Waals surface area contributed by atoms with Crippen molar-refractivity contribution in [2.75, 3.05) is 0 Å². The van der Waals surface area contributed by atoms with Crippen molar-refractivity contribution >= 4 is 29.2 Å². The van der Waals surface area contributed by atoms with Gasteiger partial charge in [0.15, 0.2) is 0 Å². The van der Waals surface area contributed by atoms with E-state index >= 15 is 0 Å². The zero-order valence-electron chi connectivity index (χ0n) is 16.0. The Bertz CT molecular complexity index is 1080. The highest BCUT2D eigenvalue weighted by Crippen LogP contribution is 2.27. The quantitative estimate of drug-likeness (QED) is 0.682. The van der Waals surface area contributed by atoms with Crippen LogP contribution in [0.3, 0.4) is 0 Å². The molecule has 1 atom stereocenters. The molecule has 0 aliphatic carbocycles. The minimum Gasteiger partial charge on any atom is -0.477 e. The molecule has 7 nitrogen and oxygen atoms in total. The maximum absolute atomic E-state index is 14.1. The Morgan fingerprint density at radius 1 is 1.40 bits per heavy atom. The lowest BCUT2D eigenvalue weighted by molar-refractivity contribution is -0.129. The molecule has 0 fully saturated rings. The van der Waals surface area contributed by atoms with Crippen LogP contribution in [0, 0.1) is 5.82 Å². The Labute approximate surface area is 177 Å². The molecule has 1 aliphatic heterocycles. The molecule has 1 aliphatic rings. The maximum atomic E-state index is 14.1. The molecule has 1 aromatic carbocycles. The highest BCUT2D eigenvalue weighted by molar-refractivity contribution is 6.36. The van der Waals surface area contributed by atoms with Crippen LogP contribution < -0.4 is 5.32 Å². The Morgan fingerprint density at radius 3 is 2.80 bits per heavy atom. The summed E-state index contributed by atoms with van der Waals surface area (Å²) in [7, 11) is 0. The number of pyridine rings is 1. The molecular weight excluding hydrogens is 411 g/mol. The van der Waals surface area contributed by atoms with E-state index in [1.807, 2.05) is 0 Å². The number of carboxylic acid groups (broad SMARTS) is 1. The van der Waals surface area contributed by atoms with Crippen LogP contribution in [0.25, 0.3) is 11.3 Å². The summed E-state index contributed by atoms with van der Waals surface area (Å²) in [5, 5.41) is 17.6. The zero-order valence-corrected chi connectivity index (χ0v) is 16.7. The van der Waals surface area contributed by atoms with E-state index in [0.717, 1.165) is 0 Å². The van der Waals surface area contributed by atoms with Crippen molar-refractivity contribution in [3.05, 3.63) is 77.4 Å². The summed E-state index contributed by atoms with van der Waals surface area (Å²) in [5.74, 6) is -2.27. The number of nitrogens with zero attached hydrogens (tertiary/aromatic N) is 3. The van der Waals surface area contributed by atoms with Crippen molar-refractivity contribution in [1.82, 2.24) is 15.3 Å². The van der Waals surface area contributed by atoms with Gasteiger partial charge >= 0.3 is 5.97 Å². The van der Waals surface area contributed by atoms with Crippen molar-refractivity contribution in [1.29, 1.82) is 0 Å². The third-order valence-electron chi connectivity index (χ3n) is 4.47. The first-order valence-electron chi connectivity index (χ1n) is 8.95. The summed E-state index contributed by atoms with van der Waals surface area (Å²) in [6.45, 7) is 5.42. The van der Waals surface area contributed by atoms with Crippen LogP contribution in [0.1, 0.15) is 23.7 Å². The summed E-state index contributed by atoms with van der Waals surface area (Å²) in [6.07, 6.45) is 3.88. The number of carbonyl (C=O) groups is 2. The molecule has 0 bridgehead atoms. The van der Waals surface area contributed by atoms with E-state index in [1.54, 1.807) is 19.1 Å². The largest absolute Gasteiger partial charge is 0.477 e. The molecule has 0 saturated heterocycles. The smallest absolute Gasteiger partial charge is 0.352 e. The lowest BCUT2D eigenvalue weighted by Crippen LogP contribution is -2.43. The van der Waals surface area contributed by atoms with Gasteiger partial charge in [0.05, 0.1) is 16.3 Å². The fraction of sp³-hybridized carbons (Fsp3) is 0.143. The van der Waals surface area contributed by atoms with Gasteiger partial charge in [0, 0.05) is 18.2 Å². The molecule has 30 heavy (non-hydrogen) atoms. The minimum absolute atomic E-state index is 0.0154. The molecule has 2 aromatic rings. The summed E-state index contributed by atoms with van der Waals surface area (Å²) in [5.41, 5.74) is 1.01. The standard InChI is InChI=1S/C21H18ClFN4O3/c1-3-13(4-2)27-18(11-17(26-27)21(29)30)25-20(28)14-10-12(7-8-15(14)22)19-16(23)6-5-9-24-19/h3-10,18H,1,11H2,2H3,(H,25,28)(H,29,30). The predicted octanol–water partition coefficient (Wildman–Crippen LogP) is 3.83. The van der Waals surface area contributed by atoms with Gasteiger partial charge in [-0.1, -0.05) is 30.3 Å². The molecular formula is C21H18ClFN4O3. The van der Waals surface area contributed by atoms with Gasteiger partial charge < -0.3 is 10.4 Å². The third kappa shape index (κ3) is 4.23. The fourth-order valence-corrected chi connectivity index (χ4v) is 3.21. The molecule has 2 N–H and O–H groups in total. The van der Waals surface area contributed by atoms with Gasteiger partial charge in [-0.3, -0.25) is 9.78 Å². The maximum Gasteiger partial charge on any atom is 0.352 e. The highest BCUT2D eigenvalue weighted by atomic mass is 35.5. The first-order chi connectivity index (χ1) is 14.3. The summed E-state index contributed by atoms with van der Waals surface area (Å²) >= 11 is 6.20. The molecule has 2 heterocycles. The minimum atomic E-state index is -1.18. The van der Waals surface area contributed by atoms with Crippen LogP contribution in [0.5, 0.6) is 0 Å². The Morgan fingerprint density at radius 2 is 2.17 bits per heavy atom. The topological polar surface area (TPSA) is 94.9 Å². The van der Waals surface area contributed by atoms with Crippen molar-refractivity contribution in [2.45, 2.75) is 19.5 Å².